The van der Waals surface area contributed by atoms with E-state index in [1.54, 1.807) is 10.0 Å². The number of anilines is 1. The van der Waals surface area contributed by atoms with Crippen molar-refractivity contribution in [2.75, 3.05) is 18.4 Å². The van der Waals surface area contributed by atoms with E-state index in [2.05, 4.69) is 5.32 Å². The highest BCUT2D eigenvalue weighted by Crippen LogP contribution is 2.47. The molecule has 2 aromatic rings. The van der Waals surface area contributed by atoms with Gasteiger partial charge in [0, 0.05) is 23.9 Å². The van der Waals surface area contributed by atoms with Crippen LogP contribution in [-0.4, -0.2) is 35.0 Å². The SMILES string of the molecule is CC1(C(=O)N2CCCN2C(=O)Nc2cccc3ccccc23)CC1. The van der Waals surface area contributed by atoms with Gasteiger partial charge in [-0.15, -0.1) is 0 Å². The molecule has 0 radical (unpaired) electrons. The predicted molar refractivity (Wildman–Crippen MR) is 93.3 cm³/mol. The zero-order valence-electron chi connectivity index (χ0n) is 13.8. The van der Waals surface area contributed by atoms with Gasteiger partial charge in [0.1, 0.15) is 0 Å². The second-order valence-corrected chi connectivity index (χ2v) is 6.92. The Kier molecular flexibility index (Phi) is 3.44. The average molecular weight is 323 g/mol. The van der Waals surface area contributed by atoms with Gasteiger partial charge in [-0.1, -0.05) is 43.3 Å². The van der Waals surface area contributed by atoms with Crippen molar-refractivity contribution in [3.05, 3.63) is 42.5 Å². The van der Waals surface area contributed by atoms with E-state index in [1.165, 1.54) is 0 Å². The fourth-order valence-electron chi connectivity index (χ4n) is 3.26. The van der Waals surface area contributed by atoms with Crippen molar-refractivity contribution in [2.24, 2.45) is 5.41 Å². The number of benzene rings is 2. The minimum Gasteiger partial charge on any atom is -0.306 e. The summed E-state index contributed by atoms with van der Waals surface area (Å²) in [6.07, 6.45) is 2.66. The van der Waals surface area contributed by atoms with Crippen LogP contribution in [0.2, 0.25) is 0 Å². The summed E-state index contributed by atoms with van der Waals surface area (Å²) in [5, 5.41) is 8.25. The topological polar surface area (TPSA) is 52.7 Å². The Bertz CT molecular complexity index is 808. The average Bonchev–Trinajstić information content (AvgIpc) is 3.16. The van der Waals surface area contributed by atoms with Gasteiger partial charge in [0.05, 0.1) is 5.69 Å². The van der Waals surface area contributed by atoms with Crippen LogP contribution in [0.4, 0.5) is 10.5 Å². The van der Waals surface area contributed by atoms with E-state index in [-0.39, 0.29) is 17.4 Å². The first-order chi connectivity index (χ1) is 11.6. The Balaban J connectivity index is 1.56. The summed E-state index contributed by atoms with van der Waals surface area (Å²) in [4.78, 5) is 25.4. The van der Waals surface area contributed by atoms with Gasteiger partial charge in [-0.2, -0.15) is 0 Å². The molecule has 2 aromatic carbocycles. The van der Waals surface area contributed by atoms with Crippen molar-refractivity contribution in [3.8, 4) is 0 Å². The van der Waals surface area contributed by atoms with E-state index in [9.17, 15) is 9.59 Å². The number of carbonyl (C=O) groups is 2. The number of hydrogen-bond acceptors (Lipinski definition) is 2. The molecule has 4 rings (SSSR count). The van der Waals surface area contributed by atoms with Crippen molar-refractivity contribution < 1.29 is 9.59 Å². The lowest BCUT2D eigenvalue weighted by Gasteiger charge is -2.30. The number of urea groups is 1. The lowest BCUT2D eigenvalue weighted by atomic mass is 10.1. The Morgan fingerprint density at radius 2 is 1.71 bits per heavy atom. The molecule has 5 nitrogen and oxygen atoms in total. The highest BCUT2D eigenvalue weighted by molar-refractivity contribution is 6.02. The van der Waals surface area contributed by atoms with Crippen molar-refractivity contribution >= 4 is 28.4 Å². The van der Waals surface area contributed by atoms with Crippen molar-refractivity contribution in [3.63, 3.8) is 0 Å². The van der Waals surface area contributed by atoms with Crippen molar-refractivity contribution in [2.45, 2.75) is 26.2 Å². The van der Waals surface area contributed by atoms with Gasteiger partial charge in [0.25, 0.3) is 0 Å². The molecule has 1 heterocycles. The second kappa shape index (κ2) is 5.51. The summed E-state index contributed by atoms with van der Waals surface area (Å²) in [6.45, 7) is 3.18. The summed E-state index contributed by atoms with van der Waals surface area (Å²) >= 11 is 0. The Morgan fingerprint density at radius 1 is 1.00 bits per heavy atom. The molecule has 1 aliphatic heterocycles. The van der Waals surface area contributed by atoms with Gasteiger partial charge in [0.15, 0.2) is 0 Å². The van der Waals surface area contributed by atoms with Gasteiger partial charge >= 0.3 is 6.03 Å². The fraction of sp³-hybridized carbons (Fsp3) is 0.368. The summed E-state index contributed by atoms with van der Waals surface area (Å²) in [5.74, 6) is 0.0769. The smallest absolute Gasteiger partial charge is 0.306 e. The third-order valence-electron chi connectivity index (χ3n) is 5.05. The standard InChI is InChI=1S/C19H21N3O2/c1-19(10-11-19)17(23)21-12-5-13-22(21)18(24)20-16-9-4-7-14-6-2-3-8-15(14)16/h2-4,6-9H,5,10-13H2,1H3,(H,20,24). The van der Waals surface area contributed by atoms with Crippen LogP contribution in [0.1, 0.15) is 26.2 Å². The summed E-state index contributed by atoms with van der Waals surface area (Å²) in [7, 11) is 0. The molecule has 1 saturated heterocycles. The number of nitrogens with zero attached hydrogens (tertiary/aromatic N) is 2. The first kappa shape index (κ1) is 15.0. The third kappa shape index (κ3) is 2.50. The molecule has 0 atom stereocenters. The minimum atomic E-state index is -0.262. The highest BCUT2D eigenvalue weighted by atomic mass is 16.2. The summed E-state index contributed by atoms with van der Waals surface area (Å²) < 4.78 is 0. The molecule has 3 amide bonds. The molecule has 2 aliphatic rings. The van der Waals surface area contributed by atoms with E-state index >= 15 is 0 Å². The Morgan fingerprint density at radius 3 is 2.50 bits per heavy atom. The molecule has 5 heteroatoms. The predicted octanol–water partition coefficient (Wildman–Crippen LogP) is 3.62. The summed E-state index contributed by atoms with van der Waals surface area (Å²) in [5.41, 5.74) is 0.512. The lowest BCUT2D eigenvalue weighted by Crippen LogP contribution is -2.49. The molecule has 1 aliphatic carbocycles. The fourth-order valence-corrected chi connectivity index (χ4v) is 3.26. The van der Waals surface area contributed by atoms with E-state index in [0.29, 0.717) is 13.1 Å². The van der Waals surface area contributed by atoms with Gasteiger partial charge in [-0.05, 0) is 30.7 Å². The van der Waals surface area contributed by atoms with Gasteiger partial charge < -0.3 is 5.32 Å². The molecule has 1 N–H and O–H groups in total. The largest absolute Gasteiger partial charge is 0.340 e. The van der Waals surface area contributed by atoms with Crippen LogP contribution in [-0.2, 0) is 4.79 Å². The molecular weight excluding hydrogens is 302 g/mol. The van der Waals surface area contributed by atoms with E-state index in [0.717, 1.165) is 35.7 Å². The molecule has 0 aromatic heterocycles. The van der Waals surface area contributed by atoms with Crippen LogP contribution in [0, 0.1) is 5.41 Å². The van der Waals surface area contributed by atoms with E-state index in [4.69, 9.17) is 0 Å². The second-order valence-electron chi connectivity index (χ2n) is 6.92. The summed E-state index contributed by atoms with van der Waals surface area (Å²) in [6, 6.07) is 13.5. The Hall–Kier alpha value is -2.56. The van der Waals surface area contributed by atoms with Crippen LogP contribution in [0.25, 0.3) is 10.8 Å². The number of hydrogen-bond donors (Lipinski definition) is 1. The molecule has 1 saturated carbocycles. The zero-order chi connectivity index (χ0) is 16.7. The maximum atomic E-state index is 12.7. The van der Waals surface area contributed by atoms with Crippen LogP contribution < -0.4 is 5.32 Å². The number of carbonyl (C=O) groups excluding carboxylic acids is 2. The number of fused-ring (bicyclic) bond motifs is 1. The zero-order valence-corrected chi connectivity index (χ0v) is 13.8. The molecule has 124 valence electrons. The quantitative estimate of drug-likeness (QED) is 0.917. The minimum absolute atomic E-state index is 0.0769. The van der Waals surface area contributed by atoms with Gasteiger partial charge in [0.2, 0.25) is 5.91 Å². The maximum absolute atomic E-state index is 12.7. The van der Waals surface area contributed by atoms with Crippen LogP contribution in [0.15, 0.2) is 42.5 Å². The van der Waals surface area contributed by atoms with Crippen molar-refractivity contribution in [1.82, 2.24) is 10.0 Å². The van der Waals surface area contributed by atoms with Crippen LogP contribution >= 0.6 is 0 Å². The molecule has 0 bridgehead atoms. The van der Waals surface area contributed by atoms with Gasteiger partial charge in [-0.25, -0.2) is 14.8 Å². The number of rotatable bonds is 2. The van der Waals surface area contributed by atoms with E-state index < -0.39 is 0 Å². The molecule has 0 unspecified atom stereocenters. The van der Waals surface area contributed by atoms with Crippen molar-refractivity contribution in [1.29, 1.82) is 0 Å². The number of hydrazine groups is 1. The van der Waals surface area contributed by atoms with Crippen LogP contribution in [0.3, 0.4) is 0 Å². The third-order valence-corrected chi connectivity index (χ3v) is 5.05. The van der Waals surface area contributed by atoms with E-state index in [1.807, 2.05) is 49.4 Å². The van der Waals surface area contributed by atoms with Crippen LogP contribution in [0.5, 0.6) is 0 Å². The lowest BCUT2D eigenvalue weighted by molar-refractivity contribution is -0.145. The molecule has 0 spiro atoms. The molecular formula is C19H21N3O2. The molecule has 2 fully saturated rings. The monoisotopic (exact) mass is 323 g/mol. The van der Waals surface area contributed by atoms with Gasteiger partial charge in [-0.3, -0.25) is 4.79 Å². The number of nitrogens with one attached hydrogen (secondary N) is 1. The maximum Gasteiger partial charge on any atom is 0.340 e. The first-order valence-corrected chi connectivity index (χ1v) is 8.47. The highest BCUT2D eigenvalue weighted by Gasteiger charge is 2.49. The first-order valence-electron chi connectivity index (χ1n) is 8.47. The normalized spacial score (nSPS) is 18.7. The number of amides is 3. The molecule has 24 heavy (non-hydrogen) atoms. The Labute approximate surface area is 141 Å².